The molecule has 104 valence electrons. The standard InChI is InChI=1S/C14H17N5O/c1-4-17-13-12(9(2)15)18-14(20)19(13)11-7-5-6-10(8-11)16-3/h4-8,15-17H,1H2,2-3H3,(H,18,20). The molecule has 0 unspecified atom stereocenters. The molecule has 1 aromatic carbocycles. The summed E-state index contributed by atoms with van der Waals surface area (Å²) >= 11 is 0. The summed E-state index contributed by atoms with van der Waals surface area (Å²) in [6.07, 6.45) is 1.48. The number of anilines is 2. The molecule has 0 saturated carbocycles. The number of H-pyrrole nitrogens is 1. The molecule has 0 bridgehead atoms. The fraction of sp³-hybridized carbons (Fsp3) is 0.143. The number of imidazole rings is 1. The van der Waals surface area contributed by atoms with Gasteiger partial charge in [-0.2, -0.15) is 0 Å². The van der Waals surface area contributed by atoms with E-state index < -0.39 is 0 Å². The van der Waals surface area contributed by atoms with Crippen molar-refractivity contribution >= 4 is 17.2 Å². The van der Waals surface area contributed by atoms with Crippen LogP contribution in [0.25, 0.3) is 5.69 Å². The molecule has 0 aliphatic carbocycles. The minimum Gasteiger partial charge on any atom is -0.388 e. The van der Waals surface area contributed by atoms with Crippen molar-refractivity contribution in [3.8, 4) is 5.69 Å². The average molecular weight is 271 g/mol. The van der Waals surface area contributed by atoms with Gasteiger partial charge in [0.2, 0.25) is 0 Å². The number of aromatic nitrogens is 2. The lowest BCUT2D eigenvalue weighted by Gasteiger charge is -2.10. The molecule has 0 atom stereocenters. The fourth-order valence-electron chi connectivity index (χ4n) is 1.99. The van der Waals surface area contributed by atoms with E-state index in [-0.39, 0.29) is 11.4 Å². The number of nitrogens with zero attached hydrogens (tertiary/aromatic N) is 1. The Balaban J connectivity index is 2.68. The second-order valence-corrected chi connectivity index (χ2v) is 4.26. The predicted molar refractivity (Wildman–Crippen MR) is 82.3 cm³/mol. The van der Waals surface area contributed by atoms with Gasteiger partial charge in [-0.3, -0.25) is 0 Å². The summed E-state index contributed by atoms with van der Waals surface area (Å²) in [5.74, 6) is 0.505. The van der Waals surface area contributed by atoms with Crippen LogP contribution in [-0.2, 0) is 0 Å². The zero-order valence-electron chi connectivity index (χ0n) is 11.4. The summed E-state index contributed by atoms with van der Waals surface area (Å²) in [4.78, 5) is 14.8. The lowest BCUT2D eigenvalue weighted by Crippen LogP contribution is -2.16. The summed E-state index contributed by atoms with van der Waals surface area (Å²) in [7, 11) is 1.81. The Bertz CT molecular complexity index is 711. The van der Waals surface area contributed by atoms with Crippen LogP contribution >= 0.6 is 0 Å². The largest absolute Gasteiger partial charge is 0.388 e. The summed E-state index contributed by atoms with van der Waals surface area (Å²) < 4.78 is 1.48. The summed E-state index contributed by atoms with van der Waals surface area (Å²) in [6.45, 7) is 5.23. The van der Waals surface area contributed by atoms with Crippen molar-refractivity contribution in [1.82, 2.24) is 9.55 Å². The van der Waals surface area contributed by atoms with Crippen LogP contribution in [0.4, 0.5) is 11.5 Å². The maximum absolute atomic E-state index is 12.2. The van der Waals surface area contributed by atoms with Gasteiger partial charge in [0, 0.05) is 12.7 Å². The van der Waals surface area contributed by atoms with Crippen molar-refractivity contribution in [2.24, 2.45) is 0 Å². The van der Waals surface area contributed by atoms with Gasteiger partial charge in [-0.15, -0.1) is 0 Å². The Morgan fingerprint density at radius 3 is 2.85 bits per heavy atom. The number of nitrogens with one attached hydrogen (secondary N) is 4. The monoisotopic (exact) mass is 271 g/mol. The lowest BCUT2D eigenvalue weighted by molar-refractivity contribution is 0.992. The molecule has 1 heterocycles. The predicted octanol–water partition coefficient (Wildman–Crippen LogP) is 2.15. The molecule has 0 fully saturated rings. The van der Waals surface area contributed by atoms with Crippen molar-refractivity contribution in [2.75, 3.05) is 17.7 Å². The van der Waals surface area contributed by atoms with Crippen LogP contribution < -0.4 is 16.3 Å². The first kappa shape index (κ1) is 13.7. The minimum absolute atomic E-state index is 0.273. The quantitative estimate of drug-likeness (QED) is 0.628. The summed E-state index contributed by atoms with van der Waals surface area (Å²) in [6, 6.07) is 7.44. The van der Waals surface area contributed by atoms with Crippen LogP contribution in [-0.4, -0.2) is 22.3 Å². The molecular weight excluding hydrogens is 254 g/mol. The molecule has 0 saturated heterocycles. The molecule has 0 spiro atoms. The number of aromatic amines is 1. The molecular formula is C14H17N5O. The fourth-order valence-corrected chi connectivity index (χ4v) is 1.99. The molecule has 6 nitrogen and oxygen atoms in total. The Kier molecular flexibility index (Phi) is 3.74. The molecule has 4 N–H and O–H groups in total. The van der Waals surface area contributed by atoms with E-state index >= 15 is 0 Å². The number of benzene rings is 1. The molecule has 0 radical (unpaired) electrons. The van der Waals surface area contributed by atoms with Gasteiger partial charge in [0.25, 0.3) is 0 Å². The SMILES string of the molecule is C=CNc1c(C(C)=N)[nH]c(=O)n1-c1cccc(NC)c1. The van der Waals surface area contributed by atoms with E-state index in [0.717, 1.165) is 5.69 Å². The van der Waals surface area contributed by atoms with Crippen molar-refractivity contribution in [3.63, 3.8) is 0 Å². The molecule has 6 heteroatoms. The summed E-state index contributed by atoms with van der Waals surface area (Å²) in [5, 5.41) is 13.7. The Morgan fingerprint density at radius 1 is 1.50 bits per heavy atom. The van der Waals surface area contributed by atoms with Gasteiger partial charge in [-0.25, -0.2) is 9.36 Å². The molecule has 0 amide bonds. The third-order valence-electron chi connectivity index (χ3n) is 2.90. The highest BCUT2D eigenvalue weighted by Gasteiger charge is 2.16. The summed E-state index contributed by atoms with van der Waals surface area (Å²) in [5.41, 5.74) is 2.02. The van der Waals surface area contributed by atoms with Crippen LogP contribution in [0.15, 0.2) is 41.8 Å². The highest BCUT2D eigenvalue weighted by molar-refractivity contribution is 5.99. The Labute approximate surface area is 116 Å². The molecule has 0 aliphatic heterocycles. The zero-order valence-corrected chi connectivity index (χ0v) is 11.4. The third kappa shape index (κ3) is 2.35. The topological polar surface area (TPSA) is 85.7 Å². The molecule has 20 heavy (non-hydrogen) atoms. The smallest absolute Gasteiger partial charge is 0.332 e. The second kappa shape index (κ2) is 5.48. The first-order chi connectivity index (χ1) is 9.58. The van der Waals surface area contributed by atoms with E-state index in [0.29, 0.717) is 17.2 Å². The average Bonchev–Trinajstić information content (AvgIpc) is 2.76. The van der Waals surface area contributed by atoms with Crippen LogP contribution in [0, 0.1) is 5.41 Å². The van der Waals surface area contributed by atoms with E-state index in [4.69, 9.17) is 5.41 Å². The van der Waals surface area contributed by atoms with Crippen molar-refractivity contribution in [1.29, 1.82) is 5.41 Å². The molecule has 2 aromatic rings. The van der Waals surface area contributed by atoms with E-state index in [1.54, 1.807) is 6.92 Å². The van der Waals surface area contributed by atoms with Crippen LogP contribution in [0.3, 0.4) is 0 Å². The third-order valence-corrected chi connectivity index (χ3v) is 2.90. The molecule has 1 aromatic heterocycles. The van der Waals surface area contributed by atoms with Gasteiger partial charge in [0.15, 0.2) is 0 Å². The molecule has 2 rings (SSSR count). The first-order valence-electron chi connectivity index (χ1n) is 6.14. The highest BCUT2D eigenvalue weighted by Crippen LogP contribution is 2.20. The van der Waals surface area contributed by atoms with Gasteiger partial charge in [-0.1, -0.05) is 12.6 Å². The first-order valence-corrected chi connectivity index (χ1v) is 6.14. The van der Waals surface area contributed by atoms with Crippen molar-refractivity contribution < 1.29 is 0 Å². The van der Waals surface area contributed by atoms with E-state index in [1.165, 1.54) is 10.8 Å². The second-order valence-electron chi connectivity index (χ2n) is 4.26. The highest BCUT2D eigenvalue weighted by atomic mass is 16.1. The van der Waals surface area contributed by atoms with Gasteiger partial charge in [-0.05, 0) is 31.3 Å². The molecule has 0 aliphatic rings. The van der Waals surface area contributed by atoms with Gasteiger partial charge < -0.3 is 21.0 Å². The van der Waals surface area contributed by atoms with Gasteiger partial charge >= 0.3 is 5.69 Å². The van der Waals surface area contributed by atoms with E-state index in [9.17, 15) is 4.79 Å². The van der Waals surface area contributed by atoms with Gasteiger partial charge in [0.1, 0.15) is 11.5 Å². The van der Waals surface area contributed by atoms with Crippen LogP contribution in [0.1, 0.15) is 12.6 Å². The van der Waals surface area contributed by atoms with E-state index in [2.05, 4.69) is 22.2 Å². The lowest BCUT2D eigenvalue weighted by atomic mass is 10.2. The van der Waals surface area contributed by atoms with Crippen LogP contribution in [0.5, 0.6) is 0 Å². The minimum atomic E-state index is -0.302. The van der Waals surface area contributed by atoms with Crippen molar-refractivity contribution in [2.45, 2.75) is 6.92 Å². The number of hydrogen-bond acceptors (Lipinski definition) is 4. The maximum Gasteiger partial charge on any atom is 0.332 e. The van der Waals surface area contributed by atoms with Crippen LogP contribution in [0.2, 0.25) is 0 Å². The normalized spacial score (nSPS) is 10.1. The number of hydrogen-bond donors (Lipinski definition) is 4. The Morgan fingerprint density at radius 2 is 2.25 bits per heavy atom. The van der Waals surface area contributed by atoms with Crippen molar-refractivity contribution in [3.05, 3.63) is 53.2 Å². The zero-order chi connectivity index (χ0) is 14.7. The van der Waals surface area contributed by atoms with Gasteiger partial charge in [0.05, 0.1) is 11.4 Å². The maximum atomic E-state index is 12.2. The van der Waals surface area contributed by atoms with E-state index in [1.807, 2.05) is 31.3 Å². The number of rotatable bonds is 5. The Hall–Kier alpha value is -2.76.